The topological polar surface area (TPSA) is 77.2 Å². The van der Waals surface area contributed by atoms with Crippen LogP contribution in [-0.2, 0) is 9.53 Å². The maximum Gasteiger partial charge on any atom is 0.247 e. The van der Waals surface area contributed by atoms with Gasteiger partial charge >= 0.3 is 0 Å². The first-order valence-electron chi connectivity index (χ1n) is 7.01. The summed E-state index contributed by atoms with van der Waals surface area (Å²) in [6, 6.07) is 0. The van der Waals surface area contributed by atoms with E-state index in [1.807, 2.05) is 26.2 Å². The van der Waals surface area contributed by atoms with Crippen LogP contribution in [0.5, 0.6) is 0 Å². The molecule has 2 aliphatic rings. The largest absolute Gasteiger partial charge is 0.377 e. The molecule has 3 rings (SSSR count). The Bertz CT molecular complexity index is 542. The molecule has 0 bridgehead atoms. The normalized spacial score (nSPS) is 35.0. The Morgan fingerprint density at radius 3 is 3.00 bits per heavy atom. The number of carbonyl (C=O) groups is 1. The van der Waals surface area contributed by atoms with E-state index < -0.39 is 5.54 Å². The van der Waals surface area contributed by atoms with Crippen molar-refractivity contribution in [3.05, 3.63) is 11.1 Å². The summed E-state index contributed by atoms with van der Waals surface area (Å²) in [5.41, 5.74) is 6.19. The number of anilines is 1. The van der Waals surface area contributed by atoms with Gasteiger partial charge in [0.1, 0.15) is 5.54 Å². The van der Waals surface area contributed by atoms with Crippen LogP contribution >= 0.6 is 11.3 Å². The molecular formula is C14H21N3O2S. The van der Waals surface area contributed by atoms with Crippen molar-refractivity contribution in [3.63, 3.8) is 0 Å². The number of nitrogens with two attached hydrogens (primary N) is 1. The van der Waals surface area contributed by atoms with Crippen LogP contribution in [0.3, 0.4) is 0 Å². The third kappa shape index (κ3) is 1.75. The Morgan fingerprint density at radius 1 is 1.60 bits per heavy atom. The number of carbonyl (C=O) groups excluding carboxylic acids is 1. The summed E-state index contributed by atoms with van der Waals surface area (Å²) in [5, 5.41) is 5.41. The molecule has 6 heteroatoms. The van der Waals surface area contributed by atoms with Gasteiger partial charge in [0.25, 0.3) is 0 Å². The summed E-state index contributed by atoms with van der Waals surface area (Å²) < 4.78 is 5.82. The first-order chi connectivity index (χ1) is 9.37. The molecule has 0 spiro atoms. The second kappa shape index (κ2) is 4.51. The highest BCUT2D eigenvalue weighted by atomic mass is 32.1. The molecule has 1 saturated carbocycles. The van der Waals surface area contributed by atoms with E-state index in [1.54, 1.807) is 0 Å². The fourth-order valence-corrected chi connectivity index (χ4v) is 4.33. The molecule has 1 aromatic heterocycles. The summed E-state index contributed by atoms with van der Waals surface area (Å²) in [6.45, 7) is 6.72. The lowest BCUT2D eigenvalue weighted by Crippen LogP contribution is -2.81. The van der Waals surface area contributed by atoms with Gasteiger partial charge in [-0.15, -0.1) is 11.3 Å². The van der Waals surface area contributed by atoms with Crippen molar-refractivity contribution in [2.24, 2.45) is 17.1 Å². The predicted molar refractivity (Wildman–Crippen MR) is 78.6 cm³/mol. The molecule has 1 aliphatic heterocycles. The van der Waals surface area contributed by atoms with Crippen LogP contribution in [-0.4, -0.2) is 29.1 Å². The highest BCUT2D eigenvalue weighted by Crippen LogP contribution is 2.57. The van der Waals surface area contributed by atoms with Crippen LogP contribution in [0.2, 0.25) is 0 Å². The van der Waals surface area contributed by atoms with Crippen molar-refractivity contribution in [2.45, 2.75) is 45.3 Å². The summed E-state index contributed by atoms with van der Waals surface area (Å²) in [7, 11) is 0. The highest BCUT2D eigenvalue weighted by Gasteiger charge is 2.70. The maximum absolute atomic E-state index is 12.7. The van der Waals surface area contributed by atoms with Gasteiger partial charge in [-0.1, -0.05) is 13.8 Å². The van der Waals surface area contributed by atoms with E-state index in [0.717, 1.165) is 25.1 Å². The van der Waals surface area contributed by atoms with Crippen LogP contribution in [0, 0.1) is 18.3 Å². The number of nitrogens with zero attached hydrogens (tertiary/aromatic N) is 1. The molecule has 5 nitrogen and oxygen atoms in total. The molecule has 2 heterocycles. The number of aryl methyl sites for hydroxylation is 1. The van der Waals surface area contributed by atoms with Gasteiger partial charge in [-0.2, -0.15) is 0 Å². The summed E-state index contributed by atoms with van der Waals surface area (Å²) in [5.74, 6) is -0.0316. The first-order valence-corrected chi connectivity index (χ1v) is 7.89. The molecule has 1 saturated heterocycles. The number of amides is 1. The van der Waals surface area contributed by atoms with Crippen molar-refractivity contribution < 1.29 is 9.53 Å². The van der Waals surface area contributed by atoms with E-state index in [9.17, 15) is 4.79 Å². The zero-order valence-corrected chi connectivity index (χ0v) is 12.9. The summed E-state index contributed by atoms with van der Waals surface area (Å²) >= 11 is 1.43. The molecule has 0 aromatic carbocycles. The minimum absolute atomic E-state index is 0.0880. The van der Waals surface area contributed by atoms with Crippen LogP contribution in [0.1, 0.15) is 32.4 Å². The monoisotopic (exact) mass is 295 g/mol. The van der Waals surface area contributed by atoms with Crippen LogP contribution in [0.4, 0.5) is 5.13 Å². The Kier molecular flexibility index (Phi) is 3.15. The van der Waals surface area contributed by atoms with E-state index in [4.69, 9.17) is 10.5 Å². The lowest BCUT2D eigenvalue weighted by Gasteiger charge is -2.64. The zero-order chi connectivity index (χ0) is 14.5. The van der Waals surface area contributed by atoms with E-state index in [1.165, 1.54) is 11.3 Å². The van der Waals surface area contributed by atoms with Crippen molar-refractivity contribution in [3.8, 4) is 0 Å². The molecule has 2 fully saturated rings. The number of rotatable bonds is 2. The Balaban J connectivity index is 1.82. The number of hydrogen-bond acceptors (Lipinski definition) is 5. The van der Waals surface area contributed by atoms with Crippen LogP contribution in [0.15, 0.2) is 5.38 Å². The van der Waals surface area contributed by atoms with Crippen LogP contribution in [0.25, 0.3) is 0 Å². The zero-order valence-electron chi connectivity index (χ0n) is 12.1. The first kappa shape index (κ1) is 14.0. The fourth-order valence-electron chi connectivity index (χ4n) is 3.65. The van der Waals surface area contributed by atoms with Gasteiger partial charge in [0, 0.05) is 23.3 Å². The molecule has 110 valence electrons. The number of fused-ring (bicyclic) bond motifs is 1. The fraction of sp³-hybridized carbons (Fsp3) is 0.714. The Morgan fingerprint density at radius 2 is 2.35 bits per heavy atom. The van der Waals surface area contributed by atoms with Gasteiger partial charge in [0.15, 0.2) is 5.13 Å². The second-order valence-corrected chi connectivity index (χ2v) is 7.24. The van der Waals surface area contributed by atoms with E-state index in [2.05, 4.69) is 10.3 Å². The minimum atomic E-state index is -0.877. The van der Waals surface area contributed by atoms with E-state index in [-0.39, 0.29) is 23.3 Å². The standard InChI is InChI=1S/C14H21N3O2S/c1-8-7-20-12(16-8)17-11(18)14(15)9-5-4-6-19-10(9)13(14,2)3/h7,9-10H,4-6,15H2,1-3H3,(H,16,17,18). The lowest BCUT2D eigenvalue weighted by molar-refractivity contribution is -0.222. The van der Waals surface area contributed by atoms with Gasteiger partial charge in [0.05, 0.1) is 11.8 Å². The summed E-state index contributed by atoms with van der Waals surface area (Å²) in [4.78, 5) is 16.9. The number of thiazole rings is 1. The number of ether oxygens (including phenoxy) is 1. The Hall–Kier alpha value is -0.980. The molecule has 1 aliphatic carbocycles. The Labute approximate surface area is 122 Å². The van der Waals surface area contributed by atoms with E-state index >= 15 is 0 Å². The summed E-state index contributed by atoms with van der Waals surface area (Å²) in [6.07, 6.45) is 2.01. The SMILES string of the molecule is Cc1csc(NC(=O)C2(N)C3CCCOC3C2(C)C)n1. The number of hydrogen-bond donors (Lipinski definition) is 2. The molecule has 1 aromatic rings. The lowest BCUT2D eigenvalue weighted by atomic mass is 9.46. The molecule has 3 unspecified atom stereocenters. The van der Waals surface area contributed by atoms with Gasteiger partial charge < -0.3 is 15.8 Å². The van der Waals surface area contributed by atoms with Crippen molar-refractivity contribution in [2.75, 3.05) is 11.9 Å². The third-order valence-corrected chi connectivity index (χ3v) is 5.78. The number of aromatic nitrogens is 1. The molecule has 3 atom stereocenters. The molecule has 20 heavy (non-hydrogen) atoms. The average molecular weight is 295 g/mol. The second-order valence-electron chi connectivity index (χ2n) is 6.38. The van der Waals surface area contributed by atoms with Crippen molar-refractivity contribution in [1.82, 2.24) is 4.98 Å². The smallest absolute Gasteiger partial charge is 0.247 e. The van der Waals surface area contributed by atoms with Gasteiger partial charge in [0.2, 0.25) is 5.91 Å². The molecule has 0 radical (unpaired) electrons. The molecule has 3 N–H and O–H groups in total. The van der Waals surface area contributed by atoms with Gasteiger partial charge in [-0.25, -0.2) is 4.98 Å². The third-order valence-electron chi connectivity index (χ3n) is 4.90. The van der Waals surface area contributed by atoms with Crippen LogP contribution < -0.4 is 11.1 Å². The molecule has 1 amide bonds. The van der Waals surface area contributed by atoms with E-state index in [0.29, 0.717) is 5.13 Å². The van der Waals surface area contributed by atoms with Crippen molar-refractivity contribution in [1.29, 1.82) is 0 Å². The minimum Gasteiger partial charge on any atom is -0.377 e. The van der Waals surface area contributed by atoms with Gasteiger partial charge in [-0.05, 0) is 19.8 Å². The molecular weight excluding hydrogens is 274 g/mol. The van der Waals surface area contributed by atoms with Crippen molar-refractivity contribution >= 4 is 22.4 Å². The highest BCUT2D eigenvalue weighted by molar-refractivity contribution is 7.13. The average Bonchev–Trinajstić information content (AvgIpc) is 2.83. The predicted octanol–water partition coefficient (Wildman–Crippen LogP) is 1.92. The number of nitrogens with one attached hydrogen (secondary N) is 1. The quantitative estimate of drug-likeness (QED) is 0.874. The van der Waals surface area contributed by atoms with Gasteiger partial charge in [-0.3, -0.25) is 4.79 Å². The maximum atomic E-state index is 12.7.